The van der Waals surface area contributed by atoms with Gasteiger partial charge in [0.25, 0.3) is 5.91 Å². The molecule has 1 aliphatic rings. The third-order valence-corrected chi connectivity index (χ3v) is 3.28. The summed E-state index contributed by atoms with van der Waals surface area (Å²) in [6, 6.07) is 5.94. The molecule has 0 saturated heterocycles. The molecule has 1 saturated carbocycles. The number of aromatic nitrogens is 2. The first-order chi connectivity index (χ1) is 9.69. The van der Waals surface area contributed by atoms with Crippen LogP contribution < -0.4 is 5.32 Å². The van der Waals surface area contributed by atoms with Crippen LogP contribution in [0.25, 0.3) is 10.9 Å². The van der Waals surface area contributed by atoms with Gasteiger partial charge < -0.3 is 5.32 Å². The van der Waals surface area contributed by atoms with Crippen LogP contribution in [0.4, 0.5) is 5.82 Å². The maximum absolute atomic E-state index is 12.2. The number of carbonyl (C=O) groups excluding carboxylic acids is 1. The van der Waals surface area contributed by atoms with Crippen molar-refractivity contribution in [2.75, 3.05) is 19.5 Å². The molecular formula is C14H16N4O2. The summed E-state index contributed by atoms with van der Waals surface area (Å²) in [5.74, 6) is 0.385. The fraction of sp³-hybridized carbons (Fsp3) is 0.357. The molecule has 0 unspecified atom stereocenters. The highest BCUT2D eigenvalue weighted by molar-refractivity contribution is 5.98. The lowest BCUT2D eigenvalue weighted by molar-refractivity contribution is -0.0760. The largest absolute Gasteiger partial charge is 0.366 e. The van der Waals surface area contributed by atoms with Gasteiger partial charge in [0, 0.05) is 24.7 Å². The summed E-state index contributed by atoms with van der Waals surface area (Å²) in [5, 5.41) is 5.37. The van der Waals surface area contributed by atoms with E-state index >= 15 is 0 Å². The molecule has 0 atom stereocenters. The molecule has 6 nitrogen and oxygen atoms in total. The number of fused-ring (bicyclic) bond motifs is 1. The Balaban J connectivity index is 2.06. The van der Waals surface area contributed by atoms with E-state index < -0.39 is 0 Å². The third-order valence-electron chi connectivity index (χ3n) is 3.28. The first-order valence-corrected chi connectivity index (χ1v) is 6.53. The zero-order chi connectivity index (χ0) is 14.1. The number of pyridine rings is 2. The van der Waals surface area contributed by atoms with Gasteiger partial charge in [-0.15, -0.1) is 0 Å². The number of hydrogen-bond acceptors (Lipinski definition) is 5. The zero-order valence-electron chi connectivity index (χ0n) is 11.5. The molecule has 104 valence electrons. The molecule has 2 heterocycles. The summed E-state index contributed by atoms with van der Waals surface area (Å²) in [4.78, 5) is 25.8. The quantitative estimate of drug-likeness (QED) is 0.860. The second-order valence-corrected chi connectivity index (χ2v) is 4.84. The Labute approximate surface area is 116 Å². The van der Waals surface area contributed by atoms with E-state index in [-0.39, 0.29) is 5.91 Å². The molecule has 3 rings (SSSR count). The maximum Gasteiger partial charge on any atom is 0.295 e. The lowest BCUT2D eigenvalue weighted by Crippen LogP contribution is -2.26. The molecule has 2 aromatic heterocycles. The summed E-state index contributed by atoms with van der Waals surface area (Å²) < 4.78 is 0. The highest BCUT2D eigenvalue weighted by atomic mass is 16.7. The molecule has 1 amide bonds. The van der Waals surface area contributed by atoms with Gasteiger partial charge in [-0.25, -0.2) is 10.0 Å². The summed E-state index contributed by atoms with van der Waals surface area (Å²) in [6.07, 6.45) is 3.99. The average Bonchev–Trinajstić information content (AvgIpc) is 3.29. The van der Waals surface area contributed by atoms with E-state index in [1.54, 1.807) is 19.3 Å². The second kappa shape index (κ2) is 5.05. The van der Waals surface area contributed by atoms with Crippen LogP contribution in [0.3, 0.4) is 0 Å². The summed E-state index contributed by atoms with van der Waals surface area (Å²) >= 11 is 0. The predicted octanol–water partition coefficient (Wildman–Crippen LogP) is 1.84. The molecule has 1 aliphatic carbocycles. The first-order valence-electron chi connectivity index (χ1n) is 6.53. The lowest BCUT2D eigenvalue weighted by atomic mass is 10.2. The monoisotopic (exact) mass is 272 g/mol. The van der Waals surface area contributed by atoms with E-state index in [4.69, 9.17) is 4.84 Å². The Kier molecular flexibility index (Phi) is 3.23. The van der Waals surface area contributed by atoms with Crippen LogP contribution in [0, 0.1) is 0 Å². The highest BCUT2D eigenvalue weighted by Crippen LogP contribution is 2.28. The van der Waals surface area contributed by atoms with E-state index in [1.807, 2.05) is 12.1 Å². The first kappa shape index (κ1) is 12.8. The van der Waals surface area contributed by atoms with Crippen molar-refractivity contribution in [3.63, 3.8) is 0 Å². The van der Waals surface area contributed by atoms with Gasteiger partial charge in [0.15, 0.2) is 5.82 Å². The van der Waals surface area contributed by atoms with Crippen molar-refractivity contribution in [3.8, 4) is 0 Å². The standard InChI is InChI=1S/C14H16N4O2/c1-18(20-2)14(19)11-8-9-4-3-7-15-12(9)13(17-11)16-10-5-6-10/h3-4,7-8,10H,5-6H2,1-2H3,(H,16,17). The van der Waals surface area contributed by atoms with Crippen LogP contribution >= 0.6 is 0 Å². The molecular weight excluding hydrogens is 256 g/mol. The van der Waals surface area contributed by atoms with Gasteiger partial charge >= 0.3 is 0 Å². The molecule has 6 heteroatoms. The summed E-state index contributed by atoms with van der Waals surface area (Å²) in [6.45, 7) is 0. The van der Waals surface area contributed by atoms with Crippen LogP contribution in [-0.4, -0.2) is 41.1 Å². The second-order valence-electron chi connectivity index (χ2n) is 4.84. The SMILES string of the molecule is CON(C)C(=O)c1cc2cccnc2c(NC2CC2)n1. The van der Waals surface area contributed by atoms with Crippen molar-refractivity contribution in [1.29, 1.82) is 0 Å². The van der Waals surface area contributed by atoms with Gasteiger partial charge in [0.1, 0.15) is 11.2 Å². The molecule has 1 N–H and O–H groups in total. The molecule has 2 aromatic rings. The van der Waals surface area contributed by atoms with Crippen molar-refractivity contribution >= 4 is 22.6 Å². The van der Waals surface area contributed by atoms with Gasteiger partial charge in [0.05, 0.1) is 7.11 Å². The van der Waals surface area contributed by atoms with E-state index in [0.717, 1.165) is 28.8 Å². The van der Waals surface area contributed by atoms with Crippen molar-refractivity contribution < 1.29 is 9.63 Å². The van der Waals surface area contributed by atoms with Crippen LogP contribution in [0.15, 0.2) is 24.4 Å². The number of rotatable bonds is 4. The Morgan fingerprint density at radius 2 is 2.30 bits per heavy atom. The summed E-state index contributed by atoms with van der Waals surface area (Å²) in [5.41, 5.74) is 1.13. The summed E-state index contributed by atoms with van der Waals surface area (Å²) in [7, 11) is 3.01. The Hall–Kier alpha value is -2.21. The lowest BCUT2D eigenvalue weighted by Gasteiger charge is -2.15. The molecule has 0 spiro atoms. The van der Waals surface area contributed by atoms with E-state index in [0.29, 0.717) is 17.6 Å². The molecule has 0 radical (unpaired) electrons. The van der Waals surface area contributed by atoms with Crippen molar-refractivity contribution in [3.05, 3.63) is 30.1 Å². The topological polar surface area (TPSA) is 67.3 Å². The number of nitrogens with zero attached hydrogens (tertiary/aromatic N) is 3. The highest BCUT2D eigenvalue weighted by Gasteiger charge is 2.24. The molecule has 0 aliphatic heterocycles. The minimum atomic E-state index is -0.280. The van der Waals surface area contributed by atoms with Crippen LogP contribution in [0.2, 0.25) is 0 Å². The molecule has 0 aromatic carbocycles. The van der Waals surface area contributed by atoms with E-state index in [1.165, 1.54) is 7.11 Å². The van der Waals surface area contributed by atoms with E-state index in [2.05, 4.69) is 15.3 Å². The number of hydrogen-bond donors (Lipinski definition) is 1. The third kappa shape index (κ3) is 2.42. The van der Waals surface area contributed by atoms with Gasteiger partial charge in [-0.3, -0.25) is 14.6 Å². The van der Waals surface area contributed by atoms with Crippen LogP contribution in [0.1, 0.15) is 23.3 Å². The predicted molar refractivity (Wildman–Crippen MR) is 75.3 cm³/mol. The number of hydroxylamine groups is 2. The van der Waals surface area contributed by atoms with E-state index in [9.17, 15) is 4.79 Å². The van der Waals surface area contributed by atoms with Crippen molar-refractivity contribution in [1.82, 2.24) is 15.0 Å². The van der Waals surface area contributed by atoms with Gasteiger partial charge in [-0.05, 0) is 25.0 Å². The Morgan fingerprint density at radius 1 is 1.50 bits per heavy atom. The maximum atomic E-state index is 12.2. The zero-order valence-corrected chi connectivity index (χ0v) is 11.5. The number of anilines is 1. The minimum Gasteiger partial charge on any atom is -0.366 e. The van der Waals surface area contributed by atoms with Gasteiger partial charge in [0.2, 0.25) is 0 Å². The smallest absolute Gasteiger partial charge is 0.295 e. The molecule has 1 fully saturated rings. The number of nitrogens with one attached hydrogen (secondary N) is 1. The van der Waals surface area contributed by atoms with Crippen molar-refractivity contribution in [2.24, 2.45) is 0 Å². The van der Waals surface area contributed by atoms with Crippen molar-refractivity contribution in [2.45, 2.75) is 18.9 Å². The number of amides is 1. The fourth-order valence-corrected chi connectivity index (χ4v) is 1.96. The minimum absolute atomic E-state index is 0.280. The molecule has 20 heavy (non-hydrogen) atoms. The molecule has 0 bridgehead atoms. The van der Waals surface area contributed by atoms with Gasteiger partial charge in [-0.2, -0.15) is 0 Å². The van der Waals surface area contributed by atoms with Crippen LogP contribution in [-0.2, 0) is 4.84 Å². The van der Waals surface area contributed by atoms with Gasteiger partial charge in [-0.1, -0.05) is 6.07 Å². The fourth-order valence-electron chi connectivity index (χ4n) is 1.96. The normalized spacial score (nSPS) is 14.3. The Bertz CT molecular complexity index is 655. The number of carbonyl (C=O) groups is 1. The Morgan fingerprint density at radius 3 is 3.00 bits per heavy atom. The van der Waals surface area contributed by atoms with Crippen LogP contribution in [0.5, 0.6) is 0 Å². The average molecular weight is 272 g/mol.